The molecule has 0 aliphatic rings. The molecule has 1 unspecified atom stereocenters. The van der Waals surface area contributed by atoms with Crippen molar-refractivity contribution in [2.45, 2.75) is 38.8 Å². The molecule has 0 saturated heterocycles. The first-order valence-electron chi connectivity index (χ1n) is 5.40. The zero-order valence-corrected chi connectivity index (χ0v) is 10.0. The van der Waals surface area contributed by atoms with E-state index in [0.29, 0.717) is 0 Å². The summed E-state index contributed by atoms with van der Waals surface area (Å²) in [7, 11) is 0. The minimum absolute atomic E-state index is 0.0528. The summed E-state index contributed by atoms with van der Waals surface area (Å²) in [5.74, 6) is -2.46. The van der Waals surface area contributed by atoms with Gasteiger partial charge in [-0.2, -0.15) is 0 Å². The Morgan fingerprint density at radius 1 is 1.29 bits per heavy atom. The van der Waals surface area contributed by atoms with Crippen LogP contribution in [0.25, 0.3) is 0 Å². The molecular formula is C10H19N3O4. The fourth-order valence-corrected chi connectivity index (χ4v) is 1.35. The molecule has 2 atom stereocenters. The summed E-state index contributed by atoms with van der Waals surface area (Å²) >= 11 is 0. The number of carboxylic acid groups (broad SMARTS) is 1. The molecule has 0 heterocycles. The smallest absolute Gasteiger partial charge is 0.326 e. The van der Waals surface area contributed by atoms with Gasteiger partial charge in [-0.1, -0.05) is 6.92 Å². The molecule has 17 heavy (non-hydrogen) atoms. The number of carbonyl (C=O) groups excluding carboxylic acids is 2. The maximum atomic E-state index is 11.5. The Morgan fingerprint density at radius 3 is 2.29 bits per heavy atom. The third kappa shape index (κ3) is 7.29. The van der Waals surface area contributed by atoms with Gasteiger partial charge in [0.15, 0.2) is 0 Å². The third-order valence-corrected chi connectivity index (χ3v) is 2.08. The summed E-state index contributed by atoms with van der Waals surface area (Å²) in [6.07, 6.45) is -0.257. The van der Waals surface area contributed by atoms with Crippen molar-refractivity contribution in [1.82, 2.24) is 10.6 Å². The third-order valence-electron chi connectivity index (χ3n) is 2.08. The van der Waals surface area contributed by atoms with Crippen molar-refractivity contribution in [2.24, 2.45) is 5.73 Å². The number of amides is 2. The first-order chi connectivity index (χ1) is 7.86. The Hall–Kier alpha value is -1.63. The Kier molecular flexibility index (Phi) is 6.88. The molecule has 0 aromatic carbocycles. The highest BCUT2D eigenvalue weighted by Gasteiger charge is 2.22. The van der Waals surface area contributed by atoms with E-state index >= 15 is 0 Å². The van der Waals surface area contributed by atoms with Crippen LogP contribution in [-0.4, -0.2) is 41.5 Å². The average molecular weight is 245 g/mol. The molecule has 98 valence electrons. The Labute approximate surface area is 99.7 Å². The first-order valence-corrected chi connectivity index (χ1v) is 5.40. The highest BCUT2D eigenvalue weighted by Crippen LogP contribution is 1.96. The van der Waals surface area contributed by atoms with Crippen LogP contribution in [0.2, 0.25) is 0 Å². The Morgan fingerprint density at radius 2 is 1.88 bits per heavy atom. The van der Waals surface area contributed by atoms with E-state index < -0.39 is 30.2 Å². The monoisotopic (exact) mass is 245 g/mol. The van der Waals surface area contributed by atoms with Crippen LogP contribution in [0.4, 0.5) is 0 Å². The maximum Gasteiger partial charge on any atom is 0.326 e. The van der Waals surface area contributed by atoms with Gasteiger partial charge < -0.3 is 21.5 Å². The second-order valence-electron chi connectivity index (χ2n) is 3.79. The van der Waals surface area contributed by atoms with Crippen LogP contribution in [-0.2, 0) is 14.4 Å². The zero-order chi connectivity index (χ0) is 13.4. The number of nitrogens with one attached hydrogen (secondary N) is 2. The van der Waals surface area contributed by atoms with Crippen molar-refractivity contribution < 1.29 is 19.5 Å². The molecule has 2 amide bonds. The van der Waals surface area contributed by atoms with E-state index in [2.05, 4.69) is 10.6 Å². The topological polar surface area (TPSA) is 122 Å². The number of rotatable bonds is 8. The van der Waals surface area contributed by atoms with Crippen molar-refractivity contribution in [1.29, 1.82) is 0 Å². The number of carbonyl (C=O) groups is 3. The van der Waals surface area contributed by atoms with Crippen LogP contribution < -0.4 is 16.4 Å². The fourth-order valence-electron chi connectivity index (χ4n) is 1.35. The number of aliphatic carboxylic acids is 1. The molecule has 0 bridgehead atoms. The lowest BCUT2D eigenvalue weighted by Gasteiger charge is -2.15. The summed E-state index contributed by atoms with van der Waals surface area (Å²) < 4.78 is 0. The van der Waals surface area contributed by atoms with E-state index in [4.69, 9.17) is 10.8 Å². The van der Waals surface area contributed by atoms with E-state index in [1.165, 1.54) is 0 Å². The van der Waals surface area contributed by atoms with Gasteiger partial charge in [-0.3, -0.25) is 9.59 Å². The molecule has 7 nitrogen and oxygen atoms in total. The van der Waals surface area contributed by atoms with Gasteiger partial charge in [-0.05, 0) is 13.5 Å². The molecule has 7 heteroatoms. The molecule has 0 aromatic heterocycles. The van der Waals surface area contributed by atoms with Gasteiger partial charge in [0.25, 0.3) is 0 Å². The van der Waals surface area contributed by atoms with Crippen molar-refractivity contribution in [2.75, 3.05) is 6.54 Å². The zero-order valence-electron chi connectivity index (χ0n) is 10.0. The van der Waals surface area contributed by atoms with E-state index in [1.54, 1.807) is 0 Å². The molecular weight excluding hydrogens is 226 g/mol. The van der Waals surface area contributed by atoms with Gasteiger partial charge in [0, 0.05) is 12.5 Å². The lowest BCUT2D eigenvalue weighted by Crippen LogP contribution is -2.45. The molecule has 0 fully saturated rings. The minimum Gasteiger partial charge on any atom is -0.480 e. The summed E-state index contributed by atoms with van der Waals surface area (Å²) in [5.41, 5.74) is 4.89. The van der Waals surface area contributed by atoms with Crippen molar-refractivity contribution in [3.8, 4) is 0 Å². The van der Waals surface area contributed by atoms with Crippen molar-refractivity contribution >= 4 is 17.8 Å². The fraction of sp³-hybridized carbons (Fsp3) is 0.700. The summed E-state index contributed by atoms with van der Waals surface area (Å²) in [6.45, 7) is 4.44. The van der Waals surface area contributed by atoms with E-state index in [-0.39, 0.29) is 12.5 Å². The second kappa shape index (κ2) is 7.61. The quantitative estimate of drug-likeness (QED) is 0.429. The summed E-state index contributed by atoms with van der Waals surface area (Å²) in [6, 6.07) is -1.31. The second-order valence-corrected chi connectivity index (χ2v) is 3.79. The van der Waals surface area contributed by atoms with E-state index in [1.807, 2.05) is 13.8 Å². The Balaban J connectivity index is 4.21. The summed E-state index contributed by atoms with van der Waals surface area (Å²) in [5, 5.41) is 14.0. The normalized spacial score (nSPS) is 13.8. The molecule has 0 rings (SSSR count). The van der Waals surface area contributed by atoms with Gasteiger partial charge in [-0.15, -0.1) is 0 Å². The van der Waals surface area contributed by atoms with E-state index in [0.717, 1.165) is 6.54 Å². The molecule has 0 aliphatic heterocycles. The minimum atomic E-state index is -1.27. The molecule has 0 saturated carbocycles. The first kappa shape index (κ1) is 15.4. The number of hydrogen-bond donors (Lipinski definition) is 4. The SMILES string of the molecule is CCNC(C)CC(=O)N[C@H](CC(N)=O)C(=O)O. The number of nitrogens with two attached hydrogens (primary N) is 1. The lowest BCUT2D eigenvalue weighted by atomic mass is 10.1. The number of hydrogen-bond acceptors (Lipinski definition) is 4. The van der Waals surface area contributed by atoms with Gasteiger partial charge in [0.1, 0.15) is 6.04 Å². The van der Waals surface area contributed by atoms with E-state index in [9.17, 15) is 14.4 Å². The largest absolute Gasteiger partial charge is 0.480 e. The molecule has 0 aliphatic carbocycles. The standard InChI is InChI=1S/C10H19N3O4/c1-3-12-6(2)4-9(15)13-7(10(16)17)5-8(11)14/h6-7,12H,3-5H2,1-2H3,(H2,11,14)(H,13,15)(H,16,17)/t6?,7-/m1/s1. The molecule has 5 N–H and O–H groups in total. The van der Waals surface area contributed by atoms with Crippen LogP contribution in [0.1, 0.15) is 26.7 Å². The van der Waals surface area contributed by atoms with Crippen molar-refractivity contribution in [3.05, 3.63) is 0 Å². The number of primary amides is 1. The molecule has 0 radical (unpaired) electrons. The lowest BCUT2D eigenvalue weighted by molar-refractivity contribution is -0.143. The molecule has 0 spiro atoms. The Bertz CT molecular complexity index is 293. The average Bonchev–Trinajstić information content (AvgIpc) is 2.15. The highest BCUT2D eigenvalue weighted by molar-refractivity contribution is 5.88. The van der Waals surface area contributed by atoms with Crippen LogP contribution in [0.15, 0.2) is 0 Å². The van der Waals surface area contributed by atoms with Crippen LogP contribution in [0, 0.1) is 0 Å². The number of carboxylic acids is 1. The van der Waals surface area contributed by atoms with Crippen LogP contribution in [0.5, 0.6) is 0 Å². The maximum absolute atomic E-state index is 11.5. The van der Waals surface area contributed by atoms with Crippen LogP contribution >= 0.6 is 0 Å². The van der Waals surface area contributed by atoms with Gasteiger partial charge in [-0.25, -0.2) is 4.79 Å². The summed E-state index contributed by atoms with van der Waals surface area (Å²) in [4.78, 5) is 32.8. The highest BCUT2D eigenvalue weighted by atomic mass is 16.4. The van der Waals surface area contributed by atoms with Crippen molar-refractivity contribution in [3.63, 3.8) is 0 Å². The predicted octanol–water partition coefficient (Wildman–Crippen LogP) is -1.18. The van der Waals surface area contributed by atoms with Gasteiger partial charge in [0.05, 0.1) is 6.42 Å². The van der Waals surface area contributed by atoms with Gasteiger partial charge >= 0.3 is 5.97 Å². The van der Waals surface area contributed by atoms with Crippen LogP contribution in [0.3, 0.4) is 0 Å². The molecule has 0 aromatic rings. The predicted molar refractivity (Wildman–Crippen MR) is 61.1 cm³/mol. The van der Waals surface area contributed by atoms with Gasteiger partial charge in [0.2, 0.25) is 11.8 Å².